The van der Waals surface area contributed by atoms with E-state index in [4.69, 9.17) is 9.47 Å². The standard InChI is InChI=1S/C11H9F3O4/c12-11(13,14)5-16-4-8(15)7-1-2-9-10(3-7)18-6-17-9/h1-3H,4-6H2. The van der Waals surface area contributed by atoms with E-state index in [0.717, 1.165) is 0 Å². The first kappa shape index (κ1) is 12.7. The molecule has 0 spiro atoms. The fraction of sp³-hybridized carbons (Fsp3) is 0.364. The number of carbonyl (C=O) groups is 1. The zero-order chi connectivity index (χ0) is 13.2. The fourth-order valence-corrected chi connectivity index (χ4v) is 1.41. The molecule has 2 rings (SSSR count). The van der Waals surface area contributed by atoms with Crippen LogP contribution in [0.5, 0.6) is 11.5 Å². The summed E-state index contributed by atoms with van der Waals surface area (Å²) in [6, 6.07) is 4.40. The molecule has 0 aliphatic carbocycles. The van der Waals surface area contributed by atoms with Crippen molar-refractivity contribution in [2.45, 2.75) is 6.18 Å². The molecular formula is C11H9F3O4. The Balaban J connectivity index is 1.93. The average molecular weight is 262 g/mol. The highest BCUT2D eigenvalue weighted by molar-refractivity contribution is 5.97. The van der Waals surface area contributed by atoms with Crippen LogP contribution in [0.4, 0.5) is 13.2 Å². The van der Waals surface area contributed by atoms with Gasteiger partial charge in [-0.05, 0) is 18.2 Å². The summed E-state index contributed by atoms with van der Waals surface area (Å²) in [6.07, 6.45) is -4.44. The van der Waals surface area contributed by atoms with Crippen molar-refractivity contribution in [2.24, 2.45) is 0 Å². The van der Waals surface area contributed by atoms with Crippen LogP contribution in [0.2, 0.25) is 0 Å². The first-order valence-corrected chi connectivity index (χ1v) is 5.03. The van der Waals surface area contributed by atoms with Gasteiger partial charge in [-0.3, -0.25) is 4.79 Å². The van der Waals surface area contributed by atoms with Gasteiger partial charge in [0.05, 0.1) is 0 Å². The Morgan fingerprint density at radius 1 is 1.28 bits per heavy atom. The monoisotopic (exact) mass is 262 g/mol. The smallest absolute Gasteiger partial charge is 0.411 e. The highest BCUT2D eigenvalue weighted by Crippen LogP contribution is 2.32. The van der Waals surface area contributed by atoms with Crippen LogP contribution in [-0.2, 0) is 4.74 Å². The molecular weight excluding hydrogens is 253 g/mol. The Bertz CT molecular complexity index is 456. The van der Waals surface area contributed by atoms with Crippen LogP contribution in [0.15, 0.2) is 18.2 Å². The molecule has 1 aliphatic rings. The van der Waals surface area contributed by atoms with Gasteiger partial charge in [0.15, 0.2) is 17.3 Å². The Morgan fingerprint density at radius 2 is 2.00 bits per heavy atom. The minimum atomic E-state index is -4.44. The summed E-state index contributed by atoms with van der Waals surface area (Å²) in [4.78, 5) is 11.5. The van der Waals surface area contributed by atoms with Gasteiger partial charge in [-0.25, -0.2) is 0 Å². The van der Waals surface area contributed by atoms with Crippen molar-refractivity contribution in [1.82, 2.24) is 0 Å². The number of Topliss-reactive ketones (excluding diaryl/α,β-unsaturated/α-hetero) is 1. The summed E-state index contributed by atoms with van der Waals surface area (Å²) in [5.74, 6) is 0.358. The fourth-order valence-electron chi connectivity index (χ4n) is 1.41. The van der Waals surface area contributed by atoms with Crippen molar-refractivity contribution in [3.05, 3.63) is 23.8 Å². The number of rotatable bonds is 4. The normalized spacial score (nSPS) is 13.7. The lowest BCUT2D eigenvalue weighted by molar-refractivity contribution is -0.170. The molecule has 0 N–H and O–H groups in total. The number of fused-ring (bicyclic) bond motifs is 1. The van der Waals surface area contributed by atoms with Crippen LogP contribution in [0.1, 0.15) is 10.4 Å². The molecule has 18 heavy (non-hydrogen) atoms. The second-order valence-corrected chi connectivity index (χ2v) is 3.60. The lowest BCUT2D eigenvalue weighted by Crippen LogP contribution is -2.20. The summed E-state index contributed by atoms with van der Waals surface area (Å²) >= 11 is 0. The Kier molecular flexibility index (Phi) is 3.42. The number of alkyl halides is 3. The van der Waals surface area contributed by atoms with Crippen LogP contribution in [0, 0.1) is 0 Å². The SMILES string of the molecule is O=C(COCC(F)(F)F)c1ccc2c(c1)OCO2. The van der Waals surface area contributed by atoms with Crippen molar-refractivity contribution in [2.75, 3.05) is 20.0 Å². The Hall–Kier alpha value is -1.76. The minimum Gasteiger partial charge on any atom is -0.454 e. The van der Waals surface area contributed by atoms with E-state index in [1.807, 2.05) is 0 Å². The molecule has 0 aromatic heterocycles. The lowest BCUT2D eigenvalue weighted by atomic mass is 10.1. The molecule has 0 saturated heterocycles. The van der Waals surface area contributed by atoms with Gasteiger partial charge in [0.1, 0.15) is 13.2 Å². The number of carbonyl (C=O) groups excluding carboxylic acids is 1. The van der Waals surface area contributed by atoms with Crippen molar-refractivity contribution in [3.63, 3.8) is 0 Å². The van der Waals surface area contributed by atoms with Crippen LogP contribution in [0.25, 0.3) is 0 Å². The third kappa shape index (κ3) is 3.13. The second-order valence-electron chi connectivity index (χ2n) is 3.60. The third-order valence-electron chi connectivity index (χ3n) is 2.19. The van der Waals surface area contributed by atoms with Crippen LogP contribution >= 0.6 is 0 Å². The zero-order valence-corrected chi connectivity index (χ0v) is 9.12. The van der Waals surface area contributed by atoms with E-state index >= 15 is 0 Å². The molecule has 0 fully saturated rings. The van der Waals surface area contributed by atoms with E-state index in [2.05, 4.69) is 4.74 Å². The summed E-state index contributed by atoms with van der Waals surface area (Å²) in [7, 11) is 0. The van der Waals surface area contributed by atoms with Gasteiger partial charge < -0.3 is 14.2 Å². The molecule has 98 valence electrons. The first-order chi connectivity index (χ1) is 8.46. The number of ether oxygens (including phenoxy) is 3. The molecule has 4 nitrogen and oxygen atoms in total. The van der Waals surface area contributed by atoms with Crippen LogP contribution in [-0.4, -0.2) is 32.0 Å². The predicted octanol–water partition coefficient (Wildman–Crippen LogP) is 2.18. The second kappa shape index (κ2) is 4.85. The van der Waals surface area contributed by atoms with Gasteiger partial charge in [-0.1, -0.05) is 0 Å². The molecule has 1 aromatic rings. The minimum absolute atomic E-state index is 0.0670. The zero-order valence-electron chi connectivity index (χ0n) is 9.12. The average Bonchev–Trinajstić information content (AvgIpc) is 2.73. The van der Waals surface area contributed by atoms with Gasteiger partial charge in [-0.2, -0.15) is 13.2 Å². The highest BCUT2D eigenvalue weighted by atomic mass is 19.4. The summed E-state index contributed by atoms with van der Waals surface area (Å²) in [6.45, 7) is -2.00. The molecule has 1 heterocycles. The molecule has 1 aromatic carbocycles. The van der Waals surface area contributed by atoms with Crippen LogP contribution in [0.3, 0.4) is 0 Å². The van der Waals surface area contributed by atoms with Gasteiger partial charge in [0.2, 0.25) is 6.79 Å². The Morgan fingerprint density at radius 3 is 2.72 bits per heavy atom. The molecule has 0 bridgehead atoms. The largest absolute Gasteiger partial charge is 0.454 e. The molecule has 0 saturated carbocycles. The van der Waals surface area contributed by atoms with E-state index in [1.54, 1.807) is 0 Å². The molecule has 0 unspecified atom stereocenters. The third-order valence-corrected chi connectivity index (χ3v) is 2.19. The summed E-state index contributed by atoms with van der Waals surface area (Å²) in [5, 5.41) is 0. The number of hydrogen-bond donors (Lipinski definition) is 0. The van der Waals surface area contributed by atoms with E-state index in [-0.39, 0.29) is 12.4 Å². The van der Waals surface area contributed by atoms with Gasteiger partial charge in [-0.15, -0.1) is 0 Å². The number of benzene rings is 1. The van der Waals surface area contributed by atoms with Crippen molar-refractivity contribution in [1.29, 1.82) is 0 Å². The van der Waals surface area contributed by atoms with Crippen molar-refractivity contribution < 1.29 is 32.2 Å². The lowest BCUT2D eigenvalue weighted by Gasteiger charge is -2.07. The van der Waals surface area contributed by atoms with Gasteiger partial charge in [0.25, 0.3) is 0 Å². The van der Waals surface area contributed by atoms with E-state index < -0.39 is 25.2 Å². The maximum Gasteiger partial charge on any atom is 0.411 e. The van der Waals surface area contributed by atoms with Gasteiger partial charge >= 0.3 is 6.18 Å². The van der Waals surface area contributed by atoms with E-state index in [0.29, 0.717) is 11.5 Å². The summed E-state index contributed by atoms with van der Waals surface area (Å²) in [5.41, 5.74) is 0.224. The summed E-state index contributed by atoms with van der Waals surface area (Å²) < 4.78 is 49.8. The molecule has 0 radical (unpaired) electrons. The number of hydrogen-bond acceptors (Lipinski definition) is 4. The van der Waals surface area contributed by atoms with Crippen molar-refractivity contribution >= 4 is 5.78 Å². The maximum absolute atomic E-state index is 11.8. The van der Waals surface area contributed by atoms with Crippen LogP contribution < -0.4 is 9.47 Å². The predicted molar refractivity (Wildman–Crippen MR) is 53.8 cm³/mol. The molecule has 0 amide bonds. The first-order valence-electron chi connectivity index (χ1n) is 5.03. The quantitative estimate of drug-likeness (QED) is 0.780. The number of halogens is 3. The maximum atomic E-state index is 11.8. The Labute approximate surface area is 100 Å². The number of ketones is 1. The molecule has 0 atom stereocenters. The van der Waals surface area contributed by atoms with Gasteiger partial charge in [0, 0.05) is 5.56 Å². The van der Waals surface area contributed by atoms with E-state index in [9.17, 15) is 18.0 Å². The van der Waals surface area contributed by atoms with Crippen molar-refractivity contribution in [3.8, 4) is 11.5 Å². The molecule has 7 heteroatoms. The van der Waals surface area contributed by atoms with E-state index in [1.165, 1.54) is 18.2 Å². The highest BCUT2D eigenvalue weighted by Gasteiger charge is 2.28. The molecule has 1 aliphatic heterocycles. The topological polar surface area (TPSA) is 44.8 Å².